The quantitative estimate of drug-likeness (QED) is 0.199. The SMILES string of the molecule is CCCOC(=O)CCCCCC(=O)OCc1c(F)c(F)c(F)c(F)c1F. The molecule has 0 N–H and O–H groups in total. The summed E-state index contributed by atoms with van der Waals surface area (Å²) in [5, 5.41) is 0. The minimum atomic E-state index is -2.27. The number of hydrogen-bond donors (Lipinski definition) is 0. The van der Waals surface area contributed by atoms with E-state index in [0.29, 0.717) is 25.9 Å². The molecule has 9 heteroatoms. The Bertz CT molecular complexity index is 620. The summed E-state index contributed by atoms with van der Waals surface area (Å²) in [5.74, 6) is -11.7. The lowest BCUT2D eigenvalue weighted by molar-refractivity contribution is -0.145. The Labute approximate surface area is 147 Å². The lowest BCUT2D eigenvalue weighted by Crippen LogP contribution is -2.11. The summed E-state index contributed by atoms with van der Waals surface area (Å²) in [6.07, 6.45) is 2.17. The van der Waals surface area contributed by atoms with Crippen molar-refractivity contribution in [1.29, 1.82) is 0 Å². The third-order valence-corrected chi connectivity index (χ3v) is 3.41. The van der Waals surface area contributed by atoms with E-state index in [9.17, 15) is 31.5 Å². The zero-order chi connectivity index (χ0) is 19.7. The van der Waals surface area contributed by atoms with E-state index in [-0.39, 0.29) is 18.8 Å². The third kappa shape index (κ3) is 6.27. The lowest BCUT2D eigenvalue weighted by Gasteiger charge is -2.09. The van der Waals surface area contributed by atoms with Crippen LogP contribution in [0.1, 0.15) is 51.0 Å². The first-order valence-electron chi connectivity index (χ1n) is 8.11. The molecule has 0 radical (unpaired) electrons. The van der Waals surface area contributed by atoms with Crippen LogP contribution in [-0.2, 0) is 25.7 Å². The van der Waals surface area contributed by atoms with E-state index in [1.54, 1.807) is 0 Å². The van der Waals surface area contributed by atoms with E-state index in [0.717, 1.165) is 6.42 Å². The number of ether oxygens (including phenoxy) is 2. The number of rotatable bonds is 10. The lowest BCUT2D eigenvalue weighted by atomic mass is 10.1. The monoisotopic (exact) mass is 382 g/mol. The maximum Gasteiger partial charge on any atom is 0.306 e. The minimum absolute atomic E-state index is 0.112. The molecule has 146 valence electrons. The van der Waals surface area contributed by atoms with Gasteiger partial charge < -0.3 is 9.47 Å². The van der Waals surface area contributed by atoms with Gasteiger partial charge in [-0.3, -0.25) is 9.59 Å². The molecule has 0 heterocycles. The zero-order valence-corrected chi connectivity index (χ0v) is 14.2. The highest BCUT2D eigenvalue weighted by molar-refractivity contribution is 5.69. The molecule has 0 spiro atoms. The van der Waals surface area contributed by atoms with Gasteiger partial charge in [0, 0.05) is 12.8 Å². The second-order valence-corrected chi connectivity index (χ2v) is 5.49. The van der Waals surface area contributed by atoms with Gasteiger partial charge in [-0.25, -0.2) is 22.0 Å². The Morgan fingerprint density at radius 3 is 1.69 bits per heavy atom. The molecular formula is C17H19F5O4. The largest absolute Gasteiger partial charge is 0.466 e. The first-order valence-corrected chi connectivity index (χ1v) is 8.11. The average molecular weight is 382 g/mol. The van der Waals surface area contributed by atoms with E-state index in [1.165, 1.54) is 0 Å². The van der Waals surface area contributed by atoms with Crippen molar-refractivity contribution in [2.45, 2.75) is 52.1 Å². The van der Waals surface area contributed by atoms with Crippen LogP contribution < -0.4 is 0 Å². The fourth-order valence-corrected chi connectivity index (χ4v) is 2.01. The number of carbonyl (C=O) groups is 2. The van der Waals surface area contributed by atoms with Crippen molar-refractivity contribution < 1.29 is 41.0 Å². The van der Waals surface area contributed by atoms with Crippen LogP contribution in [0.2, 0.25) is 0 Å². The molecule has 1 aromatic carbocycles. The summed E-state index contributed by atoms with van der Waals surface area (Å²) in [6.45, 7) is 1.15. The maximum absolute atomic E-state index is 13.4. The minimum Gasteiger partial charge on any atom is -0.466 e. The third-order valence-electron chi connectivity index (χ3n) is 3.41. The van der Waals surface area contributed by atoms with Crippen molar-refractivity contribution in [3.63, 3.8) is 0 Å². The van der Waals surface area contributed by atoms with Gasteiger partial charge in [0.15, 0.2) is 23.3 Å². The molecule has 0 aliphatic carbocycles. The molecular weight excluding hydrogens is 363 g/mol. The topological polar surface area (TPSA) is 52.6 Å². The van der Waals surface area contributed by atoms with E-state index < -0.39 is 47.2 Å². The molecule has 1 rings (SSSR count). The molecule has 0 aliphatic heterocycles. The van der Waals surface area contributed by atoms with Crippen LogP contribution in [0.3, 0.4) is 0 Å². The summed E-state index contributed by atoms with van der Waals surface area (Å²) < 4.78 is 75.2. The molecule has 0 bridgehead atoms. The van der Waals surface area contributed by atoms with Gasteiger partial charge in [0.05, 0.1) is 12.2 Å². The molecule has 0 saturated carbocycles. The first kappa shape index (κ1) is 21.9. The number of benzene rings is 1. The molecule has 26 heavy (non-hydrogen) atoms. The summed E-state index contributed by atoms with van der Waals surface area (Å²) in [7, 11) is 0. The molecule has 0 unspecified atom stereocenters. The van der Waals surface area contributed by atoms with E-state index in [2.05, 4.69) is 4.74 Å². The Kier molecular flexibility index (Phi) is 9.01. The average Bonchev–Trinajstić information content (AvgIpc) is 2.62. The first-order chi connectivity index (χ1) is 12.3. The molecule has 0 aromatic heterocycles. The Morgan fingerprint density at radius 2 is 1.19 bits per heavy atom. The molecule has 0 fully saturated rings. The fourth-order valence-electron chi connectivity index (χ4n) is 2.01. The van der Waals surface area contributed by atoms with Crippen molar-refractivity contribution in [3.8, 4) is 0 Å². The van der Waals surface area contributed by atoms with E-state index in [4.69, 9.17) is 4.74 Å². The van der Waals surface area contributed by atoms with Gasteiger partial charge in [-0.1, -0.05) is 13.3 Å². The summed E-state index contributed by atoms with van der Waals surface area (Å²) in [5.41, 5.74) is -1.20. The van der Waals surface area contributed by atoms with Crippen LogP contribution in [0, 0.1) is 29.1 Å². The summed E-state index contributed by atoms with van der Waals surface area (Å²) in [4.78, 5) is 22.7. The molecule has 0 amide bonds. The normalized spacial score (nSPS) is 10.7. The maximum atomic E-state index is 13.4. The number of hydrogen-bond acceptors (Lipinski definition) is 4. The van der Waals surface area contributed by atoms with E-state index in [1.807, 2.05) is 6.92 Å². The van der Waals surface area contributed by atoms with Gasteiger partial charge in [-0.2, -0.15) is 0 Å². The smallest absolute Gasteiger partial charge is 0.306 e. The Balaban J connectivity index is 2.37. The van der Waals surface area contributed by atoms with Crippen molar-refractivity contribution in [2.75, 3.05) is 6.61 Å². The van der Waals surface area contributed by atoms with Crippen LogP contribution in [0.15, 0.2) is 0 Å². The highest BCUT2D eigenvalue weighted by Gasteiger charge is 2.26. The number of esters is 2. The van der Waals surface area contributed by atoms with Gasteiger partial charge >= 0.3 is 11.9 Å². The number of halogens is 5. The van der Waals surface area contributed by atoms with Gasteiger partial charge in [-0.15, -0.1) is 0 Å². The highest BCUT2D eigenvalue weighted by Crippen LogP contribution is 2.23. The van der Waals surface area contributed by atoms with Gasteiger partial charge in [-0.05, 0) is 19.3 Å². The predicted octanol–water partition coefficient (Wildman–Crippen LogP) is 4.33. The molecule has 0 saturated heterocycles. The molecule has 1 aromatic rings. The van der Waals surface area contributed by atoms with Crippen LogP contribution in [0.4, 0.5) is 22.0 Å². The van der Waals surface area contributed by atoms with Gasteiger partial charge in [0.2, 0.25) is 5.82 Å². The predicted molar refractivity (Wildman–Crippen MR) is 80.4 cm³/mol. The number of unbranched alkanes of at least 4 members (excludes halogenated alkanes) is 2. The van der Waals surface area contributed by atoms with Crippen LogP contribution in [0.25, 0.3) is 0 Å². The standard InChI is InChI=1S/C17H19F5O4/c1-2-8-25-11(23)6-4-3-5-7-12(24)26-9-10-13(18)15(20)17(22)16(21)14(10)19/h2-9H2,1H3. The molecule has 0 aliphatic rings. The van der Waals surface area contributed by atoms with Crippen LogP contribution in [-0.4, -0.2) is 18.5 Å². The van der Waals surface area contributed by atoms with Gasteiger partial charge in [0.1, 0.15) is 6.61 Å². The van der Waals surface area contributed by atoms with Crippen molar-refractivity contribution in [3.05, 3.63) is 34.6 Å². The molecule has 0 atom stereocenters. The second kappa shape index (κ2) is 10.7. The van der Waals surface area contributed by atoms with Crippen LogP contribution >= 0.6 is 0 Å². The Hall–Kier alpha value is -2.19. The summed E-state index contributed by atoms with van der Waals surface area (Å²) >= 11 is 0. The van der Waals surface area contributed by atoms with Crippen LogP contribution in [0.5, 0.6) is 0 Å². The van der Waals surface area contributed by atoms with Crippen molar-refractivity contribution in [1.82, 2.24) is 0 Å². The molecule has 4 nitrogen and oxygen atoms in total. The van der Waals surface area contributed by atoms with Crippen molar-refractivity contribution >= 4 is 11.9 Å². The Morgan fingerprint density at radius 1 is 0.731 bits per heavy atom. The summed E-state index contributed by atoms with van der Waals surface area (Å²) in [6, 6.07) is 0. The van der Waals surface area contributed by atoms with Gasteiger partial charge in [0.25, 0.3) is 0 Å². The number of carbonyl (C=O) groups excluding carboxylic acids is 2. The van der Waals surface area contributed by atoms with E-state index >= 15 is 0 Å². The fraction of sp³-hybridized carbons (Fsp3) is 0.529. The second-order valence-electron chi connectivity index (χ2n) is 5.49. The highest BCUT2D eigenvalue weighted by atomic mass is 19.2. The zero-order valence-electron chi connectivity index (χ0n) is 14.2. The van der Waals surface area contributed by atoms with Crippen molar-refractivity contribution in [2.24, 2.45) is 0 Å².